The largest absolute Gasteiger partial charge is 0.494 e. The number of imidazole rings is 1. The van der Waals surface area contributed by atoms with E-state index in [0.717, 1.165) is 28.3 Å². The second-order valence-corrected chi connectivity index (χ2v) is 5.35. The van der Waals surface area contributed by atoms with Crippen LogP contribution < -0.4 is 15.8 Å². The summed E-state index contributed by atoms with van der Waals surface area (Å²) in [6.45, 7) is 2.94. The lowest BCUT2D eigenvalue weighted by Crippen LogP contribution is -2.16. The van der Waals surface area contributed by atoms with Crippen molar-refractivity contribution in [3.05, 3.63) is 48.8 Å². The predicted octanol–water partition coefficient (Wildman–Crippen LogP) is 2.69. The number of aromatic nitrogens is 2. The summed E-state index contributed by atoms with van der Waals surface area (Å²) in [6.07, 6.45) is 4.08. The second kappa shape index (κ2) is 7.14. The Kier molecular flexibility index (Phi) is 4.77. The van der Waals surface area contributed by atoms with Crippen molar-refractivity contribution in [2.75, 3.05) is 18.5 Å². The Morgan fingerprint density at radius 3 is 2.71 bits per heavy atom. The Morgan fingerprint density at radius 1 is 1.21 bits per heavy atom. The molecule has 1 amide bonds. The molecular weight excluding hydrogens is 304 g/mol. The van der Waals surface area contributed by atoms with Gasteiger partial charge in [-0.15, -0.1) is 0 Å². The Labute approximate surface area is 140 Å². The van der Waals surface area contributed by atoms with Gasteiger partial charge < -0.3 is 20.2 Å². The number of hydrogen-bond donors (Lipinski definition) is 2. The first kappa shape index (κ1) is 16.0. The van der Waals surface area contributed by atoms with E-state index in [2.05, 4.69) is 10.3 Å². The highest BCUT2D eigenvalue weighted by Gasteiger charge is 2.07. The molecule has 3 rings (SSSR count). The maximum atomic E-state index is 11.6. The van der Waals surface area contributed by atoms with Crippen molar-refractivity contribution in [2.45, 2.75) is 13.3 Å². The minimum atomic E-state index is -0.0938. The normalized spacial score (nSPS) is 10.8. The molecule has 2 heterocycles. The van der Waals surface area contributed by atoms with Crippen LogP contribution in [0.1, 0.15) is 13.3 Å². The third kappa shape index (κ3) is 3.55. The van der Waals surface area contributed by atoms with Crippen LogP contribution in [0.15, 0.2) is 48.8 Å². The highest BCUT2D eigenvalue weighted by atomic mass is 16.5. The number of amides is 1. The summed E-state index contributed by atoms with van der Waals surface area (Å²) in [4.78, 5) is 16.2. The first-order valence-corrected chi connectivity index (χ1v) is 7.91. The molecular formula is C18H20N4O2. The number of pyridine rings is 1. The minimum absolute atomic E-state index is 0.0938. The fourth-order valence-corrected chi connectivity index (χ4v) is 2.45. The molecule has 0 aliphatic heterocycles. The summed E-state index contributed by atoms with van der Waals surface area (Å²) in [7, 11) is 0. The first-order valence-electron chi connectivity index (χ1n) is 7.91. The molecule has 0 unspecified atom stereocenters. The quantitative estimate of drug-likeness (QED) is 0.730. The topological polar surface area (TPSA) is 81.7 Å². The molecule has 124 valence electrons. The molecule has 0 aliphatic rings. The fourth-order valence-electron chi connectivity index (χ4n) is 2.45. The molecule has 0 bridgehead atoms. The Morgan fingerprint density at radius 2 is 2.00 bits per heavy atom. The molecule has 0 spiro atoms. The third-order valence-electron chi connectivity index (χ3n) is 3.57. The van der Waals surface area contributed by atoms with Crippen molar-refractivity contribution in [2.24, 2.45) is 5.73 Å². The lowest BCUT2D eigenvalue weighted by Gasteiger charge is -2.04. The maximum absolute atomic E-state index is 11.6. The average molecular weight is 324 g/mol. The smallest absolute Gasteiger partial charge is 0.225 e. The van der Waals surface area contributed by atoms with E-state index in [-0.39, 0.29) is 5.91 Å². The summed E-state index contributed by atoms with van der Waals surface area (Å²) < 4.78 is 7.35. The van der Waals surface area contributed by atoms with Gasteiger partial charge in [-0.25, -0.2) is 4.98 Å². The summed E-state index contributed by atoms with van der Waals surface area (Å²) in [5, 5.41) is 2.82. The number of nitrogens with one attached hydrogen (secondary N) is 1. The SMILES string of the molecule is CCOc1ccc(-c2cn3cc(NC(=O)CCN)ccc3n2)cc1. The third-order valence-corrected chi connectivity index (χ3v) is 3.57. The zero-order chi connectivity index (χ0) is 16.9. The molecule has 3 aromatic rings. The molecule has 2 aromatic heterocycles. The van der Waals surface area contributed by atoms with Crippen molar-refractivity contribution in [3.8, 4) is 17.0 Å². The molecule has 0 saturated heterocycles. The summed E-state index contributed by atoms with van der Waals surface area (Å²) in [5.74, 6) is 0.749. The van der Waals surface area contributed by atoms with Gasteiger partial charge in [0, 0.05) is 30.9 Å². The summed E-state index contributed by atoms with van der Waals surface area (Å²) in [6, 6.07) is 11.5. The number of ether oxygens (including phenoxy) is 1. The fraction of sp³-hybridized carbons (Fsp3) is 0.222. The molecule has 6 nitrogen and oxygen atoms in total. The van der Waals surface area contributed by atoms with E-state index in [4.69, 9.17) is 10.5 Å². The zero-order valence-corrected chi connectivity index (χ0v) is 13.5. The number of fused-ring (bicyclic) bond motifs is 1. The van der Waals surface area contributed by atoms with E-state index in [1.807, 2.05) is 60.1 Å². The van der Waals surface area contributed by atoms with Crippen LogP contribution in [0.5, 0.6) is 5.75 Å². The van der Waals surface area contributed by atoms with Crippen LogP contribution in [-0.4, -0.2) is 28.4 Å². The highest BCUT2D eigenvalue weighted by molar-refractivity contribution is 5.90. The minimum Gasteiger partial charge on any atom is -0.494 e. The lowest BCUT2D eigenvalue weighted by molar-refractivity contribution is -0.116. The van der Waals surface area contributed by atoms with Crippen LogP contribution in [0.25, 0.3) is 16.9 Å². The van der Waals surface area contributed by atoms with Gasteiger partial charge in [-0.3, -0.25) is 4.79 Å². The van der Waals surface area contributed by atoms with Crippen molar-refractivity contribution in [3.63, 3.8) is 0 Å². The Bertz CT molecular complexity index is 840. The van der Waals surface area contributed by atoms with Gasteiger partial charge in [0.1, 0.15) is 11.4 Å². The number of rotatable bonds is 6. The summed E-state index contributed by atoms with van der Waals surface area (Å²) >= 11 is 0. The van der Waals surface area contributed by atoms with E-state index in [0.29, 0.717) is 19.6 Å². The molecule has 0 aliphatic carbocycles. The number of anilines is 1. The van der Waals surface area contributed by atoms with Crippen LogP contribution in [0.3, 0.4) is 0 Å². The van der Waals surface area contributed by atoms with E-state index in [9.17, 15) is 4.79 Å². The number of nitrogens with zero attached hydrogens (tertiary/aromatic N) is 2. The van der Waals surface area contributed by atoms with Crippen LogP contribution in [0.2, 0.25) is 0 Å². The van der Waals surface area contributed by atoms with Crippen molar-refractivity contribution in [1.82, 2.24) is 9.38 Å². The van der Waals surface area contributed by atoms with E-state index >= 15 is 0 Å². The van der Waals surface area contributed by atoms with E-state index in [1.54, 1.807) is 0 Å². The van der Waals surface area contributed by atoms with Crippen LogP contribution in [0, 0.1) is 0 Å². The molecule has 0 saturated carbocycles. The highest BCUT2D eigenvalue weighted by Crippen LogP contribution is 2.23. The average Bonchev–Trinajstić information content (AvgIpc) is 2.99. The number of benzene rings is 1. The molecule has 6 heteroatoms. The molecule has 0 atom stereocenters. The molecule has 0 radical (unpaired) electrons. The number of hydrogen-bond acceptors (Lipinski definition) is 4. The Balaban J connectivity index is 1.84. The van der Waals surface area contributed by atoms with Crippen LogP contribution in [-0.2, 0) is 4.79 Å². The van der Waals surface area contributed by atoms with E-state index in [1.165, 1.54) is 0 Å². The van der Waals surface area contributed by atoms with Crippen LogP contribution >= 0.6 is 0 Å². The van der Waals surface area contributed by atoms with Gasteiger partial charge in [0.15, 0.2) is 0 Å². The molecule has 3 N–H and O–H groups in total. The van der Waals surface area contributed by atoms with Gasteiger partial charge in [0.05, 0.1) is 18.0 Å². The predicted molar refractivity (Wildman–Crippen MR) is 94.1 cm³/mol. The van der Waals surface area contributed by atoms with Crippen molar-refractivity contribution in [1.29, 1.82) is 0 Å². The molecule has 0 fully saturated rings. The van der Waals surface area contributed by atoms with Gasteiger partial charge in [-0.2, -0.15) is 0 Å². The van der Waals surface area contributed by atoms with Crippen molar-refractivity contribution < 1.29 is 9.53 Å². The first-order chi connectivity index (χ1) is 11.7. The van der Waals surface area contributed by atoms with Crippen LogP contribution in [0.4, 0.5) is 5.69 Å². The zero-order valence-electron chi connectivity index (χ0n) is 13.5. The Hall–Kier alpha value is -2.86. The van der Waals surface area contributed by atoms with Gasteiger partial charge in [-0.1, -0.05) is 0 Å². The van der Waals surface area contributed by atoms with Gasteiger partial charge in [0.25, 0.3) is 0 Å². The number of carbonyl (C=O) groups excluding carboxylic acids is 1. The van der Waals surface area contributed by atoms with Gasteiger partial charge in [-0.05, 0) is 43.3 Å². The summed E-state index contributed by atoms with van der Waals surface area (Å²) in [5.41, 5.74) is 8.79. The monoisotopic (exact) mass is 324 g/mol. The molecule has 24 heavy (non-hydrogen) atoms. The second-order valence-electron chi connectivity index (χ2n) is 5.35. The number of nitrogens with two attached hydrogens (primary N) is 1. The van der Waals surface area contributed by atoms with Gasteiger partial charge in [0.2, 0.25) is 5.91 Å². The lowest BCUT2D eigenvalue weighted by atomic mass is 10.2. The standard InChI is InChI=1S/C18H20N4O2/c1-2-24-15-6-3-13(4-7-15)16-12-22-11-14(5-8-17(22)21-16)20-18(23)9-10-19/h3-8,11-12H,2,9-10,19H2,1H3,(H,20,23). The number of carbonyl (C=O) groups is 1. The maximum Gasteiger partial charge on any atom is 0.225 e. The molecule has 1 aromatic carbocycles. The van der Waals surface area contributed by atoms with Gasteiger partial charge >= 0.3 is 0 Å². The van der Waals surface area contributed by atoms with Crippen molar-refractivity contribution >= 4 is 17.2 Å². The van der Waals surface area contributed by atoms with E-state index < -0.39 is 0 Å².